The van der Waals surface area contributed by atoms with Crippen LogP contribution in [-0.2, 0) is 11.3 Å². The summed E-state index contributed by atoms with van der Waals surface area (Å²) in [7, 11) is 1.60. The monoisotopic (exact) mass is 443 g/mol. The van der Waals surface area contributed by atoms with E-state index < -0.39 is 0 Å². The lowest BCUT2D eigenvalue weighted by molar-refractivity contribution is 0.271. The summed E-state index contributed by atoms with van der Waals surface area (Å²) in [4.78, 5) is 14.1. The Hall–Kier alpha value is -2.29. The van der Waals surface area contributed by atoms with Gasteiger partial charge in [0.05, 0.1) is 28.7 Å². The van der Waals surface area contributed by atoms with Crippen molar-refractivity contribution >= 4 is 55.0 Å². The van der Waals surface area contributed by atoms with E-state index in [4.69, 9.17) is 10.6 Å². The van der Waals surface area contributed by atoms with Gasteiger partial charge in [-0.25, -0.2) is 9.98 Å². The summed E-state index contributed by atoms with van der Waals surface area (Å²) in [6.07, 6.45) is 2.06. The van der Waals surface area contributed by atoms with Gasteiger partial charge in [-0.1, -0.05) is 49.1 Å². The molecular formula is C22H29N5OS2. The van der Waals surface area contributed by atoms with Gasteiger partial charge in [0.25, 0.3) is 0 Å². The van der Waals surface area contributed by atoms with Gasteiger partial charge in [0.15, 0.2) is 10.3 Å². The van der Waals surface area contributed by atoms with Crippen molar-refractivity contribution in [2.24, 2.45) is 16.6 Å². The molecule has 0 spiro atoms. The first-order valence-corrected chi connectivity index (χ1v) is 11.8. The van der Waals surface area contributed by atoms with Crippen molar-refractivity contribution in [2.45, 2.75) is 26.7 Å². The molecule has 0 aliphatic carbocycles. The quantitative estimate of drug-likeness (QED) is 0.213. The molecule has 0 fully saturated rings. The van der Waals surface area contributed by atoms with Crippen LogP contribution in [0.5, 0.6) is 0 Å². The first-order chi connectivity index (χ1) is 14.5. The molecule has 0 saturated heterocycles. The first-order valence-electron chi connectivity index (χ1n) is 10.0. The number of rotatable bonds is 10. The van der Waals surface area contributed by atoms with Crippen molar-refractivity contribution in [1.29, 1.82) is 0 Å². The van der Waals surface area contributed by atoms with Crippen molar-refractivity contribution in [3.63, 3.8) is 0 Å². The number of fused-ring (bicyclic) bond motifs is 1. The second-order valence-corrected chi connectivity index (χ2v) is 9.48. The highest BCUT2D eigenvalue weighted by Crippen LogP contribution is 2.28. The fraction of sp³-hybridized carbons (Fsp3) is 0.364. The van der Waals surface area contributed by atoms with E-state index in [1.165, 1.54) is 5.56 Å². The molecule has 160 valence electrons. The van der Waals surface area contributed by atoms with Crippen molar-refractivity contribution in [3.8, 4) is 0 Å². The van der Waals surface area contributed by atoms with Gasteiger partial charge in [-0.05, 0) is 54.7 Å². The standard InChI is InChI=1S/C22H29N5OS2/c1-15(2)11-13-29-21(23)25-17-6-4-16(5-7-17)10-12-24-22-26-19-9-8-18(27-28-3)14-20(19)30-22/h4-9,14-15,27H,10-13H2,1-3H3,(H2,23,25)(H,24,26). The number of hydrogen-bond acceptors (Lipinski definition) is 7. The SMILES string of the molecule is CONc1ccc2nc(NCCc3ccc(N=C(N)SCCC(C)C)cc3)sc2c1. The van der Waals surface area contributed by atoms with Crippen LogP contribution in [0.15, 0.2) is 47.5 Å². The van der Waals surface area contributed by atoms with Crippen LogP contribution in [0, 0.1) is 5.92 Å². The lowest BCUT2D eigenvalue weighted by atomic mass is 10.1. The minimum absolute atomic E-state index is 0.629. The summed E-state index contributed by atoms with van der Waals surface area (Å²) >= 11 is 3.26. The van der Waals surface area contributed by atoms with Crippen molar-refractivity contribution < 1.29 is 4.84 Å². The first kappa shape index (κ1) is 22.4. The number of nitrogens with two attached hydrogens (primary N) is 1. The molecule has 6 nitrogen and oxygen atoms in total. The number of nitrogens with one attached hydrogen (secondary N) is 2. The van der Waals surface area contributed by atoms with Gasteiger partial charge >= 0.3 is 0 Å². The minimum Gasteiger partial charge on any atom is -0.378 e. The Morgan fingerprint density at radius 3 is 2.77 bits per heavy atom. The molecule has 0 atom stereocenters. The largest absolute Gasteiger partial charge is 0.378 e. The smallest absolute Gasteiger partial charge is 0.183 e. The van der Waals surface area contributed by atoms with Crippen LogP contribution in [0.2, 0.25) is 0 Å². The molecule has 2 aromatic carbocycles. The third kappa shape index (κ3) is 6.90. The molecule has 0 amide bonds. The van der Waals surface area contributed by atoms with Crippen molar-refractivity contribution in [3.05, 3.63) is 48.0 Å². The van der Waals surface area contributed by atoms with E-state index in [9.17, 15) is 0 Å². The van der Waals surface area contributed by atoms with Gasteiger partial charge in [0.1, 0.15) is 0 Å². The number of hydrogen-bond donors (Lipinski definition) is 3. The summed E-state index contributed by atoms with van der Waals surface area (Å²) in [5.74, 6) is 1.69. The summed E-state index contributed by atoms with van der Waals surface area (Å²) in [5.41, 5.74) is 12.9. The number of aliphatic imine (C=N–C) groups is 1. The highest BCUT2D eigenvalue weighted by molar-refractivity contribution is 8.13. The Balaban J connectivity index is 1.48. The van der Waals surface area contributed by atoms with E-state index in [0.717, 1.165) is 51.9 Å². The number of amidine groups is 1. The molecule has 0 bridgehead atoms. The van der Waals surface area contributed by atoms with Crippen LogP contribution in [0.3, 0.4) is 0 Å². The predicted molar refractivity (Wildman–Crippen MR) is 132 cm³/mol. The third-order valence-electron chi connectivity index (χ3n) is 4.42. The molecule has 0 radical (unpaired) electrons. The number of nitrogens with zero attached hydrogens (tertiary/aromatic N) is 2. The lowest BCUT2D eigenvalue weighted by Gasteiger charge is -2.05. The van der Waals surface area contributed by atoms with Gasteiger partial charge in [-0.15, -0.1) is 0 Å². The van der Waals surface area contributed by atoms with E-state index in [-0.39, 0.29) is 0 Å². The molecule has 0 saturated carbocycles. The fourth-order valence-corrected chi connectivity index (χ4v) is 4.69. The van der Waals surface area contributed by atoms with Gasteiger partial charge in [0.2, 0.25) is 0 Å². The summed E-state index contributed by atoms with van der Waals surface area (Å²) < 4.78 is 1.12. The number of thioether (sulfide) groups is 1. The van der Waals surface area contributed by atoms with E-state index in [1.807, 2.05) is 30.3 Å². The van der Waals surface area contributed by atoms with E-state index in [2.05, 4.69) is 46.8 Å². The highest BCUT2D eigenvalue weighted by Gasteiger charge is 2.05. The number of anilines is 2. The second kappa shape index (κ2) is 11.2. The Kier molecular flexibility index (Phi) is 8.36. The summed E-state index contributed by atoms with van der Waals surface area (Å²) in [6.45, 7) is 5.25. The highest BCUT2D eigenvalue weighted by atomic mass is 32.2. The van der Waals surface area contributed by atoms with Crippen LogP contribution in [0.1, 0.15) is 25.8 Å². The maximum atomic E-state index is 6.02. The minimum atomic E-state index is 0.629. The Morgan fingerprint density at radius 1 is 1.23 bits per heavy atom. The molecule has 3 rings (SSSR count). The molecule has 0 aliphatic heterocycles. The normalized spacial score (nSPS) is 11.9. The molecular weight excluding hydrogens is 414 g/mol. The predicted octanol–water partition coefficient (Wildman–Crippen LogP) is 5.65. The number of benzene rings is 2. The third-order valence-corrected chi connectivity index (χ3v) is 6.22. The van der Waals surface area contributed by atoms with Gasteiger partial charge < -0.3 is 11.1 Å². The Bertz CT molecular complexity index is 969. The van der Waals surface area contributed by atoms with E-state index in [0.29, 0.717) is 11.1 Å². The van der Waals surface area contributed by atoms with Crippen LogP contribution < -0.4 is 16.5 Å². The molecule has 1 aromatic heterocycles. The zero-order chi connectivity index (χ0) is 21.3. The topological polar surface area (TPSA) is 84.6 Å². The lowest BCUT2D eigenvalue weighted by Crippen LogP contribution is -2.07. The van der Waals surface area contributed by atoms with Crippen molar-refractivity contribution in [1.82, 2.24) is 4.98 Å². The Morgan fingerprint density at radius 2 is 2.03 bits per heavy atom. The second-order valence-electron chi connectivity index (χ2n) is 7.33. The Labute approximate surface area is 186 Å². The molecule has 0 unspecified atom stereocenters. The van der Waals surface area contributed by atoms with Crippen molar-refractivity contribution in [2.75, 3.05) is 30.2 Å². The molecule has 30 heavy (non-hydrogen) atoms. The zero-order valence-electron chi connectivity index (χ0n) is 17.6. The van der Waals surface area contributed by atoms with Gasteiger partial charge in [0, 0.05) is 12.3 Å². The van der Waals surface area contributed by atoms with E-state index in [1.54, 1.807) is 30.2 Å². The maximum Gasteiger partial charge on any atom is 0.183 e. The van der Waals surface area contributed by atoms with E-state index >= 15 is 0 Å². The molecule has 0 aliphatic rings. The van der Waals surface area contributed by atoms with Crippen LogP contribution in [0.4, 0.5) is 16.5 Å². The summed E-state index contributed by atoms with van der Waals surface area (Å²) in [5, 5.41) is 4.97. The van der Waals surface area contributed by atoms with Crippen LogP contribution in [0.25, 0.3) is 10.2 Å². The number of thiazole rings is 1. The number of aromatic nitrogens is 1. The molecule has 1 heterocycles. The van der Waals surface area contributed by atoms with Gasteiger partial charge in [-0.2, -0.15) is 0 Å². The van der Waals surface area contributed by atoms with Crippen LogP contribution >= 0.6 is 23.1 Å². The fourth-order valence-electron chi connectivity index (χ4n) is 2.79. The average molecular weight is 444 g/mol. The van der Waals surface area contributed by atoms with Crippen LogP contribution in [-0.4, -0.2) is 29.6 Å². The average Bonchev–Trinajstić information content (AvgIpc) is 3.11. The zero-order valence-corrected chi connectivity index (χ0v) is 19.3. The molecule has 4 N–H and O–H groups in total. The van der Waals surface area contributed by atoms with Gasteiger partial charge in [-0.3, -0.25) is 10.3 Å². The maximum absolute atomic E-state index is 6.02. The molecule has 3 aromatic rings. The summed E-state index contributed by atoms with van der Waals surface area (Å²) in [6, 6.07) is 14.2. The molecule has 8 heteroatoms.